The number of nitro benzene ring substituents is 1. The number of halogens is 2. The molecule has 0 radical (unpaired) electrons. The van der Waals surface area contributed by atoms with Crippen molar-refractivity contribution < 1.29 is 13.7 Å². The number of rotatable bonds is 6. The van der Waals surface area contributed by atoms with E-state index < -0.39 is 16.6 Å². The Kier molecular flexibility index (Phi) is 5.75. The summed E-state index contributed by atoms with van der Waals surface area (Å²) in [7, 11) is 0. The van der Waals surface area contributed by atoms with E-state index in [1.54, 1.807) is 12.1 Å². The van der Waals surface area contributed by atoms with Crippen LogP contribution in [0.2, 0.25) is 0 Å². The number of nitro groups is 1. The molecule has 0 unspecified atom stereocenters. The first-order valence-corrected chi connectivity index (χ1v) is 9.30. The van der Waals surface area contributed by atoms with Crippen LogP contribution in [-0.4, -0.2) is 9.49 Å². The molecule has 27 heavy (non-hydrogen) atoms. The molecule has 0 saturated carbocycles. The van der Waals surface area contributed by atoms with Crippen molar-refractivity contribution in [3.8, 4) is 11.3 Å². The molecule has 140 valence electrons. The van der Waals surface area contributed by atoms with Crippen molar-refractivity contribution in [3.63, 3.8) is 0 Å². The van der Waals surface area contributed by atoms with Crippen molar-refractivity contribution in [1.29, 1.82) is 0 Å². The van der Waals surface area contributed by atoms with Crippen LogP contribution in [0.5, 0.6) is 0 Å². The van der Waals surface area contributed by atoms with Gasteiger partial charge >= 0.3 is 0 Å². The molecule has 0 bridgehead atoms. The van der Waals surface area contributed by atoms with E-state index in [0.29, 0.717) is 11.3 Å². The molecule has 2 aromatic carbocycles. The minimum absolute atomic E-state index is 0.0207. The van der Waals surface area contributed by atoms with Gasteiger partial charge in [0.25, 0.3) is 5.69 Å². The molecule has 0 saturated heterocycles. The van der Waals surface area contributed by atoms with Gasteiger partial charge in [-0.1, -0.05) is 13.3 Å². The Balaban J connectivity index is 2.08. The maximum atomic E-state index is 14.0. The highest BCUT2D eigenvalue weighted by Crippen LogP contribution is 2.24. The Bertz CT molecular complexity index is 1030. The van der Waals surface area contributed by atoms with E-state index in [0.717, 1.165) is 30.2 Å². The van der Waals surface area contributed by atoms with Gasteiger partial charge in [-0.25, -0.2) is 13.8 Å². The number of benzene rings is 2. The molecule has 3 aromatic rings. The lowest BCUT2D eigenvalue weighted by atomic mass is 10.1. The molecule has 0 spiro atoms. The fraction of sp³-hybridized carbons (Fsp3) is 0.211. The van der Waals surface area contributed by atoms with Crippen LogP contribution in [0.4, 0.5) is 20.2 Å². The molecule has 0 N–H and O–H groups in total. The first-order chi connectivity index (χ1) is 13.0. The summed E-state index contributed by atoms with van der Waals surface area (Å²) in [5, 5.41) is 12.7. The van der Waals surface area contributed by atoms with Crippen molar-refractivity contribution in [2.75, 3.05) is 0 Å². The van der Waals surface area contributed by atoms with Crippen LogP contribution in [0, 0.1) is 21.7 Å². The molecule has 8 heteroatoms. The van der Waals surface area contributed by atoms with Gasteiger partial charge in [-0.2, -0.15) is 0 Å². The second-order valence-corrected chi connectivity index (χ2v) is 6.76. The van der Waals surface area contributed by atoms with Crippen molar-refractivity contribution in [2.45, 2.75) is 26.3 Å². The first kappa shape index (κ1) is 18.9. The normalized spacial score (nSPS) is 11.7. The first-order valence-electron chi connectivity index (χ1n) is 8.42. The minimum Gasteiger partial charge on any atom is -0.316 e. The van der Waals surface area contributed by atoms with E-state index in [-0.39, 0.29) is 11.4 Å². The molecule has 0 aliphatic rings. The number of hydrogen-bond donors (Lipinski definition) is 0. The van der Waals surface area contributed by atoms with Crippen LogP contribution in [0.1, 0.15) is 19.8 Å². The van der Waals surface area contributed by atoms with E-state index in [1.165, 1.54) is 35.6 Å². The lowest BCUT2D eigenvalue weighted by molar-refractivity contribution is -0.384. The maximum Gasteiger partial charge on any atom is 0.269 e. The van der Waals surface area contributed by atoms with Gasteiger partial charge in [0.1, 0.15) is 11.5 Å². The molecule has 0 aliphatic heterocycles. The predicted octanol–water partition coefficient (Wildman–Crippen LogP) is 5.44. The summed E-state index contributed by atoms with van der Waals surface area (Å²) in [5.74, 6) is -1.37. The highest BCUT2D eigenvalue weighted by atomic mass is 32.1. The van der Waals surface area contributed by atoms with Crippen molar-refractivity contribution in [1.82, 2.24) is 4.57 Å². The standard InChI is InChI=1S/C19H17F2N3O2S/c1-2-3-10-23-18(13-4-7-15(8-5-13)24(25)26)12-27-19(23)22-17-9-6-14(20)11-16(17)21/h4-9,11-12H,2-3,10H2,1H3. The lowest BCUT2D eigenvalue weighted by Crippen LogP contribution is -2.16. The lowest BCUT2D eigenvalue weighted by Gasteiger charge is -2.08. The topological polar surface area (TPSA) is 60.4 Å². The molecule has 1 aromatic heterocycles. The van der Waals surface area contributed by atoms with Crippen LogP contribution >= 0.6 is 11.3 Å². The molecule has 0 amide bonds. The highest BCUT2D eigenvalue weighted by molar-refractivity contribution is 7.07. The van der Waals surface area contributed by atoms with Crippen LogP contribution < -0.4 is 4.80 Å². The van der Waals surface area contributed by atoms with Gasteiger partial charge in [0.15, 0.2) is 10.6 Å². The van der Waals surface area contributed by atoms with Gasteiger partial charge in [0, 0.05) is 30.1 Å². The number of thiazole rings is 1. The van der Waals surface area contributed by atoms with E-state index in [2.05, 4.69) is 11.9 Å². The molecule has 0 fully saturated rings. The second kappa shape index (κ2) is 8.22. The maximum absolute atomic E-state index is 14.0. The quantitative estimate of drug-likeness (QED) is 0.417. The van der Waals surface area contributed by atoms with Crippen molar-refractivity contribution in [3.05, 3.63) is 74.4 Å². The predicted molar refractivity (Wildman–Crippen MR) is 101 cm³/mol. The van der Waals surface area contributed by atoms with Crippen LogP contribution in [0.15, 0.2) is 52.8 Å². The zero-order chi connectivity index (χ0) is 19.4. The van der Waals surface area contributed by atoms with Crippen LogP contribution in [-0.2, 0) is 6.54 Å². The Morgan fingerprint density at radius 2 is 1.93 bits per heavy atom. The van der Waals surface area contributed by atoms with Gasteiger partial charge in [0.05, 0.1) is 10.6 Å². The Labute approximate surface area is 158 Å². The highest BCUT2D eigenvalue weighted by Gasteiger charge is 2.11. The van der Waals surface area contributed by atoms with Crippen molar-refractivity contribution >= 4 is 22.7 Å². The van der Waals surface area contributed by atoms with E-state index >= 15 is 0 Å². The number of non-ortho nitro benzene ring substituents is 1. The zero-order valence-corrected chi connectivity index (χ0v) is 15.4. The fourth-order valence-electron chi connectivity index (χ4n) is 2.61. The SMILES string of the molecule is CCCCn1c(-c2ccc([N+](=O)[O-])cc2)csc1=Nc1ccc(F)cc1F. The summed E-state index contributed by atoms with van der Waals surface area (Å²) in [6.07, 6.45) is 1.86. The number of nitrogens with zero attached hydrogens (tertiary/aromatic N) is 3. The minimum atomic E-state index is -0.720. The summed E-state index contributed by atoms with van der Waals surface area (Å²) >= 11 is 1.34. The van der Waals surface area contributed by atoms with Gasteiger partial charge in [-0.05, 0) is 36.2 Å². The summed E-state index contributed by atoms with van der Waals surface area (Å²) in [6.45, 7) is 2.74. The zero-order valence-electron chi connectivity index (χ0n) is 14.6. The third-order valence-electron chi connectivity index (χ3n) is 4.03. The summed E-state index contributed by atoms with van der Waals surface area (Å²) in [4.78, 5) is 15.3. The summed E-state index contributed by atoms with van der Waals surface area (Å²) in [5.41, 5.74) is 1.75. The third kappa shape index (κ3) is 4.28. The van der Waals surface area contributed by atoms with Crippen LogP contribution in [0.3, 0.4) is 0 Å². The second-order valence-electron chi connectivity index (χ2n) is 5.92. The smallest absolute Gasteiger partial charge is 0.269 e. The molecule has 0 atom stereocenters. The van der Waals surface area contributed by atoms with Gasteiger partial charge < -0.3 is 4.57 Å². The summed E-state index contributed by atoms with van der Waals surface area (Å²) in [6, 6.07) is 9.56. The average molecular weight is 389 g/mol. The number of unbranched alkanes of at least 4 members (excludes halogenated alkanes) is 1. The molecule has 3 rings (SSSR count). The largest absolute Gasteiger partial charge is 0.316 e. The molecular weight excluding hydrogens is 372 g/mol. The Hall–Kier alpha value is -2.87. The monoisotopic (exact) mass is 389 g/mol. The van der Waals surface area contributed by atoms with Crippen LogP contribution in [0.25, 0.3) is 11.3 Å². The van der Waals surface area contributed by atoms with E-state index in [9.17, 15) is 18.9 Å². The Morgan fingerprint density at radius 3 is 2.56 bits per heavy atom. The van der Waals surface area contributed by atoms with Gasteiger partial charge in [0.2, 0.25) is 0 Å². The summed E-state index contributed by atoms with van der Waals surface area (Å²) < 4.78 is 29.0. The molecule has 1 heterocycles. The number of hydrogen-bond acceptors (Lipinski definition) is 4. The Morgan fingerprint density at radius 1 is 1.19 bits per heavy atom. The number of aromatic nitrogens is 1. The van der Waals surface area contributed by atoms with Gasteiger partial charge in [-0.3, -0.25) is 10.1 Å². The molecular formula is C19H17F2N3O2S. The molecule has 0 aliphatic carbocycles. The van der Waals surface area contributed by atoms with Crippen molar-refractivity contribution in [2.24, 2.45) is 4.99 Å². The third-order valence-corrected chi connectivity index (χ3v) is 4.90. The molecule has 5 nitrogen and oxygen atoms in total. The average Bonchev–Trinajstić information content (AvgIpc) is 3.04. The van der Waals surface area contributed by atoms with Gasteiger partial charge in [-0.15, -0.1) is 11.3 Å². The van der Waals surface area contributed by atoms with E-state index in [1.807, 2.05) is 9.95 Å². The fourth-order valence-corrected chi connectivity index (χ4v) is 3.56. The van der Waals surface area contributed by atoms with E-state index in [4.69, 9.17) is 0 Å².